The summed E-state index contributed by atoms with van der Waals surface area (Å²) in [5.41, 5.74) is 0. The molecule has 2 amide bonds. The molecule has 4 rings (SSSR count). The number of hydrogen-bond acceptors (Lipinski definition) is 21. The number of ether oxygens (including phenoxy) is 7. The molecule has 0 aromatic rings. The second kappa shape index (κ2) is 18.0. The van der Waals surface area contributed by atoms with Gasteiger partial charge in [-0.3, -0.25) is 9.59 Å². The van der Waals surface area contributed by atoms with Crippen molar-refractivity contribution in [3.05, 3.63) is 0 Å². The van der Waals surface area contributed by atoms with Gasteiger partial charge in [0.15, 0.2) is 25.2 Å². The van der Waals surface area contributed by atoms with Crippen molar-refractivity contribution < 1.29 is 104 Å². The van der Waals surface area contributed by atoms with Crippen LogP contribution in [0.1, 0.15) is 13.8 Å². The van der Waals surface area contributed by atoms with Crippen LogP contribution in [-0.4, -0.2) is 222 Å². The van der Waals surface area contributed by atoms with E-state index in [1.807, 2.05) is 0 Å². The third-order valence-electron chi connectivity index (χ3n) is 9.01. The molecule has 4 aliphatic heterocycles. The molecular formula is C28H48N2O21. The lowest BCUT2D eigenvalue weighted by Gasteiger charge is -2.50. The molecule has 23 nitrogen and oxygen atoms in total. The zero-order valence-corrected chi connectivity index (χ0v) is 27.4. The highest BCUT2D eigenvalue weighted by Gasteiger charge is 2.56. The van der Waals surface area contributed by atoms with Crippen molar-refractivity contribution in [1.29, 1.82) is 0 Å². The molecule has 0 saturated carbocycles. The third-order valence-corrected chi connectivity index (χ3v) is 9.01. The summed E-state index contributed by atoms with van der Waals surface area (Å²) >= 11 is 0. The molecule has 1 unspecified atom stereocenters. The monoisotopic (exact) mass is 748 g/mol. The lowest BCUT2D eigenvalue weighted by molar-refractivity contribution is -0.371. The second-order valence-corrected chi connectivity index (χ2v) is 12.6. The molecule has 0 aromatic heterocycles. The SMILES string of the molecule is CC(=O)N[C@H]1[C@H](O[C@@H]2C(O)O[C@H](CO)[C@@H](O)[C@@H]2O)O[C@H](CO)[C@@H](O[C@@H]2O[C@H](CO)[C@H](O)[C@H](O[C@@H]3O[C@H](CO)[C@H](O)[C@H](O)[C@H]3O)[C@H]2NC(C)=O)[C@@H]1O. The van der Waals surface area contributed by atoms with Gasteiger partial charge in [0.25, 0.3) is 0 Å². The Balaban J connectivity index is 1.62. The summed E-state index contributed by atoms with van der Waals surface area (Å²) in [6.45, 7) is -1.29. The van der Waals surface area contributed by atoms with E-state index >= 15 is 0 Å². The summed E-state index contributed by atoms with van der Waals surface area (Å²) in [5.74, 6) is -1.50. The van der Waals surface area contributed by atoms with Crippen LogP contribution in [0, 0.1) is 0 Å². The first kappa shape index (κ1) is 41.9. The predicted molar refractivity (Wildman–Crippen MR) is 157 cm³/mol. The quantitative estimate of drug-likeness (QED) is 0.0881. The van der Waals surface area contributed by atoms with Crippen LogP contribution in [0.25, 0.3) is 0 Å². The lowest BCUT2D eigenvalue weighted by Crippen LogP contribution is -2.71. The topological polar surface area (TPSA) is 366 Å². The Labute approximate surface area is 289 Å². The molecule has 4 heterocycles. The zero-order chi connectivity index (χ0) is 37.9. The fraction of sp³-hybridized carbons (Fsp3) is 0.929. The molecule has 0 aliphatic carbocycles. The Morgan fingerprint density at radius 3 is 1.47 bits per heavy atom. The standard InChI is InChI=1S/C28H48N2O21/c1-7(35)29-13-18(40)22(12(6-34)48-26(13)51-24-20(42)16(38)9(3-31)45-25(24)44)49-27-14(30-8(2)36)23(17(39)11(5-33)46-27)50-28-21(43)19(41)15(37)10(4-32)47-28/h9-28,31-34,37-44H,3-6H2,1-2H3,(H,29,35)(H,30,36)/t9-,10-,11-,12-,13-,14-,15+,16-,17+,18-,19+,20+,21-,22-,23-,24+,25?,26+,27+,28+/m1/s1. The van der Waals surface area contributed by atoms with Crippen molar-refractivity contribution >= 4 is 11.8 Å². The number of amides is 2. The maximum absolute atomic E-state index is 12.4. The second-order valence-electron chi connectivity index (χ2n) is 12.6. The zero-order valence-electron chi connectivity index (χ0n) is 27.4. The number of aliphatic hydroxyl groups is 12. The average molecular weight is 749 g/mol. The molecule has 4 saturated heterocycles. The van der Waals surface area contributed by atoms with Crippen LogP contribution in [0.15, 0.2) is 0 Å². The van der Waals surface area contributed by atoms with Gasteiger partial charge in [0.2, 0.25) is 11.8 Å². The number of aliphatic hydroxyl groups excluding tert-OH is 12. The van der Waals surface area contributed by atoms with Gasteiger partial charge in [-0.15, -0.1) is 0 Å². The van der Waals surface area contributed by atoms with Crippen molar-refractivity contribution in [2.45, 2.75) is 137 Å². The van der Waals surface area contributed by atoms with E-state index in [4.69, 9.17) is 33.2 Å². The maximum atomic E-state index is 12.4. The summed E-state index contributed by atoms with van der Waals surface area (Å²) < 4.78 is 39.4. The van der Waals surface area contributed by atoms with E-state index in [-0.39, 0.29) is 0 Å². The van der Waals surface area contributed by atoms with Gasteiger partial charge in [0.1, 0.15) is 97.5 Å². The van der Waals surface area contributed by atoms with Gasteiger partial charge in [0, 0.05) is 13.8 Å². The number of carbonyl (C=O) groups excluding carboxylic acids is 2. The van der Waals surface area contributed by atoms with Gasteiger partial charge in [-0.1, -0.05) is 0 Å². The highest BCUT2D eigenvalue weighted by atomic mass is 16.8. The molecule has 4 aliphatic rings. The van der Waals surface area contributed by atoms with Crippen LogP contribution in [0.3, 0.4) is 0 Å². The molecular weight excluding hydrogens is 700 g/mol. The molecule has 0 radical (unpaired) electrons. The number of rotatable bonds is 12. The summed E-state index contributed by atoms with van der Waals surface area (Å²) in [5, 5.41) is 129. The first-order chi connectivity index (χ1) is 24.1. The van der Waals surface area contributed by atoms with Gasteiger partial charge in [-0.25, -0.2) is 0 Å². The van der Waals surface area contributed by atoms with E-state index in [0.717, 1.165) is 13.8 Å². The van der Waals surface area contributed by atoms with Crippen molar-refractivity contribution in [2.24, 2.45) is 0 Å². The Hall–Kier alpha value is -1.82. The van der Waals surface area contributed by atoms with Crippen molar-refractivity contribution in [1.82, 2.24) is 10.6 Å². The van der Waals surface area contributed by atoms with Gasteiger partial charge >= 0.3 is 0 Å². The molecule has 51 heavy (non-hydrogen) atoms. The van der Waals surface area contributed by atoms with E-state index < -0.39 is 161 Å². The minimum Gasteiger partial charge on any atom is -0.394 e. The molecule has 4 fully saturated rings. The predicted octanol–water partition coefficient (Wildman–Crippen LogP) is -9.46. The van der Waals surface area contributed by atoms with Gasteiger partial charge in [-0.05, 0) is 0 Å². The first-order valence-corrected chi connectivity index (χ1v) is 16.1. The molecule has 0 spiro atoms. The van der Waals surface area contributed by atoms with Gasteiger partial charge < -0.3 is 105 Å². The van der Waals surface area contributed by atoms with Crippen molar-refractivity contribution in [3.8, 4) is 0 Å². The molecule has 0 aromatic carbocycles. The highest BCUT2D eigenvalue weighted by molar-refractivity contribution is 5.73. The summed E-state index contributed by atoms with van der Waals surface area (Å²) in [6, 6.07) is -3.19. The van der Waals surface area contributed by atoms with Crippen molar-refractivity contribution in [3.63, 3.8) is 0 Å². The smallest absolute Gasteiger partial charge is 0.217 e. The minimum absolute atomic E-state index is 0.750. The minimum atomic E-state index is -1.95. The number of hydrogen-bond donors (Lipinski definition) is 14. The van der Waals surface area contributed by atoms with Crippen LogP contribution in [-0.2, 0) is 42.7 Å². The Morgan fingerprint density at radius 2 is 0.902 bits per heavy atom. The van der Waals surface area contributed by atoms with E-state index in [2.05, 4.69) is 10.6 Å². The van der Waals surface area contributed by atoms with E-state index in [0.29, 0.717) is 0 Å². The summed E-state index contributed by atoms with van der Waals surface area (Å²) in [4.78, 5) is 24.6. The highest BCUT2D eigenvalue weighted by Crippen LogP contribution is 2.34. The van der Waals surface area contributed by atoms with Gasteiger partial charge in [0.05, 0.1) is 26.4 Å². The summed E-state index contributed by atoms with van der Waals surface area (Å²) in [6.07, 6.45) is -31.4. The molecule has 20 atom stereocenters. The molecule has 296 valence electrons. The fourth-order valence-electron chi connectivity index (χ4n) is 6.34. The Kier molecular flexibility index (Phi) is 14.8. The van der Waals surface area contributed by atoms with Crippen LogP contribution in [0.2, 0.25) is 0 Å². The van der Waals surface area contributed by atoms with Crippen LogP contribution >= 0.6 is 0 Å². The number of nitrogens with one attached hydrogen (secondary N) is 2. The normalized spacial score (nSPS) is 47.8. The van der Waals surface area contributed by atoms with Gasteiger partial charge in [-0.2, -0.15) is 0 Å². The van der Waals surface area contributed by atoms with Crippen LogP contribution < -0.4 is 10.6 Å². The first-order valence-electron chi connectivity index (χ1n) is 16.1. The largest absolute Gasteiger partial charge is 0.394 e. The Bertz CT molecular complexity index is 1140. The maximum Gasteiger partial charge on any atom is 0.217 e. The van der Waals surface area contributed by atoms with Crippen LogP contribution in [0.5, 0.6) is 0 Å². The third kappa shape index (κ3) is 9.11. The number of carbonyl (C=O) groups is 2. The molecule has 14 N–H and O–H groups in total. The Morgan fingerprint density at radius 1 is 0.471 bits per heavy atom. The summed E-state index contributed by atoms with van der Waals surface area (Å²) in [7, 11) is 0. The molecule has 23 heteroatoms. The average Bonchev–Trinajstić information content (AvgIpc) is 3.09. The molecule has 0 bridgehead atoms. The fourth-order valence-corrected chi connectivity index (χ4v) is 6.34. The van der Waals surface area contributed by atoms with E-state index in [1.54, 1.807) is 0 Å². The van der Waals surface area contributed by atoms with E-state index in [9.17, 15) is 70.9 Å². The van der Waals surface area contributed by atoms with Crippen molar-refractivity contribution in [2.75, 3.05) is 26.4 Å². The lowest BCUT2D eigenvalue weighted by atomic mass is 9.93. The van der Waals surface area contributed by atoms with Crippen LogP contribution in [0.4, 0.5) is 0 Å². The van der Waals surface area contributed by atoms with E-state index in [1.165, 1.54) is 0 Å².